The van der Waals surface area contributed by atoms with Gasteiger partial charge in [0.2, 0.25) is 0 Å². The Kier molecular flexibility index (Phi) is 12.6. The highest BCUT2D eigenvalue weighted by atomic mass is 16.6. The molecule has 2 fully saturated rings. The number of aliphatic hydroxyl groups excluding tert-OH is 3. The van der Waals surface area contributed by atoms with E-state index in [-0.39, 0.29) is 30.5 Å². The Balaban J connectivity index is 1.62. The lowest BCUT2D eigenvalue weighted by atomic mass is 9.85. The SMILES string of the molecule is C/C(=C\C(=O)OCCCCCCCCC(=O)[O-])C[C@@H]1OC[C@H](C[C@@H]2O[C@@H]2[C@@H](C)[C@H](C)O)[C@@H](O)[C@H]1O. The number of ether oxygens (including phenoxy) is 3. The van der Waals surface area contributed by atoms with Gasteiger partial charge in [0.15, 0.2) is 0 Å². The quantitative estimate of drug-likeness (QED) is 0.123. The minimum Gasteiger partial charge on any atom is -0.550 e. The van der Waals surface area contributed by atoms with E-state index >= 15 is 0 Å². The van der Waals surface area contributed by atoms with E-state index in [1.807, 2.05) is 6.92 Å². The van der Waals surface area contributed by atoms with Gasteiger partial charge in [-0.25, -0.2) is 4.79 Å². The zero-order chi connectivity index (χ0) is 26.0. The number of hydrogen-bond donors (Lipinski definition) is 3. The molecule has 0 saturated carbocycles. The van der Waals surface area contributed by atoms with E-state index in [0.717, 1.165) is 32.1 Å². The first kappa shape index (κ1) is 29.7. The van der Waals surface area contributed by atoms with Crippen LogP contribution in [0, 0.1) is 11.8 Å². The number of carboxylic acids is 1. The summed E-state index contributed by atoms with van der Waals surface area (Å²) >= 11 is 0. The number of unbranched alkanes of at least 4 members (excludes halogenated alkanes) is 5. The first-order valence-corrected chi connectivity index (χ1v) is 12.9. The molecule has 0 unspecified atom stereocenters. The van der Waals surface area contributed by atoms with Crippen LogP contribution in [0.5, 0.6) is 0 Å². The van der Waals surface area contributed by atoms with Crippen molar-refractivity contribution in [2.75, 3.05) is 13.2 Å². The summed E-state index contributed by atoms with van der Waals surface area (Å²) in [4.78, 5) is 22.4. The largest absolute Gasteiger partial charge is 0.550 e. The van der Waals surface area contributed by atoms with Crippen LogP contribution in [0.4, 0.5) is 0 Å². The number of aliphatic hydroxyl groups is 3. The van der Waals surface area contributed by atoms with Crippen molar-refractivity contribution in [2.45, 2.75) is 115 Å². The highest BCUT2D eigenvalue weighted by molar-refractivity contribution is 5.82. The monoisotopic (exact) mass is 499 g/mol. The summed E-state index contributed by atoms with van der Waals surface area (Å²) in [6.07, 6.45) is 4.29. The van der Waals surface area contributed by atoms with Crippen LogP contribution in [0.1, 0.15) is 78.6 Å². The summed E-state index contributed by atoms with van der Waals surface area (Å²) in [5.41, 5.74) is 0.703. The molecule has 9 nitrogen and oxygen atoms in total. The van der Waals surface area contributed by atoms with Crippen molar-refractivity contribution in [2.24, 2.45) is 11.8 Å². The molecule has 9 heteroatoms. The third kappa shape index (κ3) is 10.6. The number of esters is 1. The van der Waals surface area contributed by atoms with Crippen molar-refractivity contribution in [3.8, 4) is 0 Å². The molecular formula is C26H43O9-. The van der Waals surface area contributed by atoms with Gasteiger partial charge in [0.1, 0.15) is 6.10 Å². The maximum absolute atomic E-state index is 12.0. The van der Waals surface area contributed by atoms with Crippen LogP contribution in [-0.2, 0) is 23.8 Å². The maximum Gasteiger partial charge on any atom is 0.330 e. The Labute approximate surface area is 208 Å². The topological polar surface area (TPSA) is 149 Å². The molecule has 0 aromatic carbocycles. The van der Waals surface area contributed by atoms with E-state index < -0.39 is 36.4 Å². The van der Waals surface area contributed by atoms with Crippen molar-refractivity contribution in [3.63, 3.8) is 0 Å². The van der Waals surface area contributed by atoms with Gasteiger partial charge in [-0.3, -0.25) is 0 Å². The summed E-state index contributed by atoms with van der Waals surface area (Å²) in [5.74, 6) is -1.68. The third-order valence-corrected chi connectivity index (χ3v) is 7.08. The first-order valence-electron chi connectivity index (χ1n) is 12.9. The molecule has 3 N–H and O–H groups in total. The molecule has 8 atom stereocenters. The lowest BCUT2D eigenvalue weighted by Gasteiger charge is -2.38. The first-order chi connectivity index (χ1) is 16.6. The molecule has 0 spiro atoms. The van der Waals surface area contributed by atoms with Crippen LogP contribution in [-0.4, -0.2) is 77.1 Å². The van der Waals surface area contributed by atoms with Gasteiger partial charge >= 0.3 is 5.97 Å². The van der Waals surface area contributed by atoms with Crippen LogP contribution >= 0.6 is 0 Å². The maximum atomic E-state index is 12.0. The fraction of sp³-hybridized carbons (Fsp3) is 0.846. The Bertz CT molecular complexity index is 692. The molecule has 0 radical (unpaired) electrons. The molecule has 2 aliphatic heterocycles. The number of carbonyl (C=O) groups excluding carboxylic acids is 2. The van der Waals surface area contributed by atoms with Gasteiger partial charge in [0.25, 0.3) is 0 Å². The minimum atomic E-state index is -1.06. The Morgan fingerprint density at radius 2 is 1.71 bits per heavy atom. The molecule has 35 heavy (non-hydrogen) atoms. The molecule has 0 bridgehead atoms. The van der Waals surface area contributed by atoms with Crippen molar-refractivity contribution < 1.29 is 44.2 Å². The number of rotatable bonds is 16. The van der Waals surface area contributed by atoms with Crippen LogP contribution in [0.2, 0.25) is 0 Å². The van der Waals surface area contributed by atoms with E-state index in [0.29, 0.717) is 38.0 Å². The Hall–Kier alpha value is -1.52. The zero-order valence-corrected chi connectivity index (χ0v) is 21.3. The summed E-state index contributed by atoms with van der Waals surface area (Å²) in [6.45, 7) is 6.05. The highest BCUT2D eigenvalue weighted by Crippen LogP contribution is 2.38. The number of carboxylic acid groups (broad SMARTS) is 1. The second-order valence-electron chi connectivity index (χ2n) is 10.2. The van der Waals surface area contributed by atoms with Gasteiger partial charge in [-0.15, -0.1) is 0 Å². The van der Waals surface area contributed by atoms with Gasteiger partial charge in [0.05, 0.1) is 43.7 Å². The second-order valence-corrected chi connectivity index (χ2v) is 10.2. The summed E-state index contributed by atoms with van der Waals surface area (Å²) in [5, 5.41) is 41.2. The number of hydrogen-bond acceptors (Lipinski definition) is 9. The van der Waals surface area contributed by atoms with Gasteiger partial charge < -0.3 is 39.4 Å². The second kappa shape index (κ2) is 14.9. The van der Waals surface area contributed by atoms with Crippen LogP contribution in [0.15, 0.2) is 11.6 Å². The van der Waals surface area contributed by atoms with Crippen LogP contribution in [0.25, 0.3) is 0 Å². The standard InChI is InChI=1S/C26H44O9/c1-16(13-23(30)33-11-9-7-5-4-6-8-10-22(28)29)12-20-25(32)24(31)19(15-34-20)14-21-26(35-21)17(2)18(3)27/h13,17-21,24-27,31-32H,4-12,14-15H2,1-3H3,(H,28,29)/p-1/b16-13+/t17-,18-,19-,20-,21-,24+,25-,26+/m0/s1. The van der Waals surface area contributed by atoms with Crippen molar-refractivity contribution in [3.05, 3.63) is 11.6 Å². The summed E-state index contributed by atoms with van der Waals surface area (Å²) < 4.78 is 16.7. The molecule has 2 aliphatic rings. The normalized spacial score (nSPS) is 30.5. The summed E-state index contributed by atoms with van der Waals surface area (Å²) in [7, 11) is 0. The molecule has 0 amide bonds. The van der Waals surface area contributed by atoms with Crippen LogP contribution < -0.4 is 5.11 Å². The molecule has 2 rings (SSSR count). The number of epoxide rings is 1. The predicted octanol–water partition coefficient (Wildman–Crippen LogP) is 1.26. The molecule has 0 aliphatic carbocycles. The molecule has 2 saturated heterocycles. The predicted molar refractivity (Wildman–Crippen MR) is 126 cm³/mol. The van der Waals surface area contributed by atoms with Gasteiger partial charge in [-0.1, -0.05) is 38.2 Å². The van der Waals surface area contributed by atoms with E-state index in [2.05, 4.69) is 0 Å². The van der Waals surface area contributed by atoms with Gasteiger partial charge in [-0.05, 0) is 46.0 Å². The average Bonchev–Trinajstić information content (AvgIpc) is 3.55. The molecule has 202 valence electrons. The van der Waals surface area contributed by atoms with Gasteiger partial charge in [-0.2, -0.15) is 0 Å². The minimum absolute atomic E-state index is 0.0141. The lowest BCUT2D eigenvalue weighted by molar-refractivity contribution is -0.305. The van der Waals surface area contributed by atoms with Gasteiger partial charge in [0, 0.05) is 23.9 Å². The van der Waals surface area contributed by atoms with Crippen LogP contribution in [0.3, 0.4) is 0 Å². The van der Waals surface area contributed by atoms with E-state index in [4.69, 9.17) is 14.2 Å². The Morgan fingerprint density at radius 1 is 1.06 bits per heavy atom. The Morgan fingerprint density at radius 3 is 2.37 bits per heavy atom. The van der Waals surface area contributed by atoms with E-state index in [1.54, 1.807) is 13.8 Å². The fourth-order valence-electron chi connectivity index (χ4n) is 4.58. The summed E-state index contributed by atoms with van der Waals surface area (Å²) in [6, 6.07) is 0. The lowest BCUT2D eigenvalue weighted by Crippen LogP contribution is -2.50. The number of aliphatic carboxylic acids is 1. The van der Waals surface area contributed by atoms with Crippen molar-refractivity contribution in [1.29, 1.82) is 0 Å². The molecule has 0 aromatic rings. The molecule has 2 heterocycles. The average molecular weight is 500 g/mol. The fourth-order valence-corrected chi connectivity index (χ4v) is 4.58. The highest BCUT2D eigenvalue weighted by Gasteiger charge is 2.48. The third-order valence-electron chi connectivity index (χ3n) is 7.08. The van der Waals surface area contributed by atoms with E-state index in [1.165, 1.54) is 6.08 Å². The smallest absolute Gasteiger partial charge is 0.330 e. The van der Waals surface area contributed by atoms with Crippen molar-refractivity contribution >= 4 is 11.9 Å². The zero-order valence-electron chi connectivity index (χ0n) is 21.3. The van der Waals surface area contributed by atoms with E-state index in [9.17, 15) is 30.0 Å². The molecular weight excluding hydrogens is 456 g/mol. The van der Waals surface area contributed by atoms with Crippen molar-refractivity contribution in [1.82, 2.24) is 0 Å². The molecule has 0 aromatic heterocycles. The number of carbonyl (C=O) groups is 2.